The van der Waals surface area contributed by atoms with Gasteiger partial charge < -0.3 is 5.32 Å². The quantitative estimate of drug-likeness (QED) is 0.877. The summed E-state index contributed by atoms with van der Waals surface area (Å²) in [4.78, 5) is 0. The van der Waals surface area contributed by atoms with Gasteiger partial charge in [-0.2, -0.15) is 0 Å². The smallest absolute Gasteiger partial charge is 0.214 e. The summed E-state index contributed by atoms with van der Waals surface area (Å²) >= 11 is 0. The lowest BCUT2D eigenvalue weighted by molar-refractivity contribution is 0.288. The average molecular weight is 310 g/mol. The van der Waals surface area contributed by atoms with E-state index in [2.05, 4.69) is 36.5 Å². The monoisotopic (exact) mass is 310 g/mol. The number of rotatable bonds is 6. The third kappa shape index (κ3) is 4.80. The van der Waals surface area contributed by atoms with Gasteiger partial charge in [-0.05, 0) is 31.7 Å². The number of aryl methyl sites for hydroxylation is 1. The van der Waals surface area contributed by atoms with Crippen molar-refractivity contribution < 1.29 is 8.42 Å². The van der Waals surface area contributed by atoms with Crippen LogP contribution in [0.4, 0.5) is 0 Å². The third-order valence-corrected chi connectivity index (χ3v) is 6.06. The van der Waals surface area contributed by atoms with Crippen LogP contribution in [0.2, 0.25) is 0 Å². The van der Waals surface area contributed by atoms with Crippen molar-refractivity contribution in [2.75, 3.05) is 18.8 Å². The minimum atomic E-state index is -3.02. The first-order chi connectivity index (χ1) is 10.0. The first kappa shape index (κ1) is 16.5. The summed E-state index contributed by atoms with van der Waals surface area (Å²) in [5.41, 5.74) is 2.56. The molecular formula is C16H26N2O2S. The molecule has 1 aliphatic rings. The van der Waals surface area contributed by atoms with E-state index >= 15 is 0 Å². The first-order valence-corrected chi connectivity index (χ1v) is 9.39. The van der Waals surface area contributed by atoms with Crippen LogP contribution >= 0.6 is 0 Å². The van der Waals surface area contributed by atoms with Crippen LogP contribution in [-0.4, -0.2) is 37.6 Å². The molecule has 0 aromatic heterocycles. The standard InChI is InChI=1S/C16H26N2O2S/c1-3-11-21(19,20)18-9-7-16(8-10-18)17-13-15-6-4-5-14(2)12-15/h4-6,12,16-17H,3,7-11,13H2,1-2H3. The van der Waals surface area contributed by atoms with E-state index in [0.29, 0.717) is 25.6 Å². The average Bonchev–Trinajstić information content (AvgIpc) is 2.46. The topological polar surface area (TPSA) is 49.4 Å². The van der Waals surface area contributed by atoms with E-state index in [-0.39, 0.29) is 5.75 Å². The minimum Gasteiger partial charge on any atom is -0.310 e. The highest BCUT2D eigenvalue weighted by molar-refractivity contribution is 7.89. The molecule has 0 bridgehead atoms. The fraction of sp³-hybridized carbons (Fsp3) is 0.625. The molecular weight excluding hydrogens is 284 g/mol. The third-order valence-electron chi connectivity index (χ3n) is 3.99. The zero-order valence-corrected chi connectivity index (χ0v) is 13.8. The van der Waals surface area contributed by atoms with Crippen LogP contribution in [0.15, 0.2) is 24.3 Å². The van der Waals surface area contributed by atoms with Crippen LogP contribution in [0.25, 0.3) is 0 Å². The molecule has 0 saturated carbocycles. The van der Waals surface area contributed by atoms with Crippen molar-refractivity contribution in [2.45, 2.75) is 45.7 Å². The van der Waals surface area contributed by atoms with Gasteiger partial charge in [0, 0.05) is 25.7 Å². The molecule has 0 atom stereocenters. The molecule has 4 nitrogen and oxygen atoms in total. The van der Waals surface area contributed by atoms with Gasteiger partial charge in [0.25, 0.3) is 0 Å². The van der Waals surface area contributed by atoms with E-state index < -0.39 is 10.0 Å². The van der Waals surface area contributed by atoms with Crippen LogP contribution in [-0.2, 0) is 16.6 Å². The molecule has 1 N–H and O–H groups in total. The minimum absolute atomic E-state index is 0.272. The number of sulfonamides is 1. The molecule has 1 saturated heterocycles. The van der Waals surface area contributed by atoms with Crippen molar-refractivity contribution in [1.29, 1.82) is 0 Å². The molecule has 1 aromatic carbocycles. The van der Waals surface area contributed by atoms with Crippen molar-refractivity contribution in [3.05, 3.63) is 35.4 Å². The second-order valence-electron chi connectivity index (χ2n) is 5.86. The summed E-state index contributed by atoms with van der Waals surface area (Å²) in [6.07, 6.45) is 2.48. The van der Waals surface area contributed by atoms with Gasteiger partial charge in [-0.15, -0.1) is 0 Å². The van der Waals surface area contributed by atoms with Crippen molar-refractivity contribution in [2.24, 2.45) is 0 Å². The maximum absolute atomic E-state index is 12.0. The Kier molecular flexibility index (Phi) is 5.79. The SMILES string of the molecule is CCCS(=O)(=O)N1CCC(NCc2cccc(C)c2)CC1. The fourth-order valence-corrected chi connectivity index (χ4v) is 4.35. The summed E-state index contributed by atoms with van der Waals surface area (Å²) in [7, 11) is -3.02. The number of hydrogen-bond donors (Lipinski definition) is 1. The van der Waals surface area contributed by atoms with Crippen LogP contribution in [0, 0.1) is 6.92 Å². The van der Waals surface area contributed by atoms with Gasteiger partial charge in [0.15, 0.2) is 0 Å². The van der Waals surface area contributed by atoms with Crippen molar-refractivity contribution in [3.63, 3.8) is 0 Å². The maximum atomic E-state index is 12.0. The largest absolute Gasteiger partial charge is 0.310 e. The maximum Gasteiger partial charge on any atom is 0.214 e. The van der Waals surface area contributed by atoms with Gasteiger partial charge in [0.1, 0.15) is 0 Å². The number of hydrogen-bond acceptors (Lipinski definition) is 3. The molecule has 0 spiro atoms. The molecule has 1 aromatic rings. The summed E-state index contributed by atoms with van der Waals surface area (Å²) < 4.78 is 25.7. The number of nitrogens with zero attached hydrogens (tertiary/aromatic N) is 1. The highest BCUT2D eigenvalue weighted by atomic mass is 32.2. The summed E-state index contributed by atoms with van der Waals surface area (Å²) in [6, 6.07) is 8.90. The van der Waals surface area contributed by atoms with Gasteiger partial charge in [0.05, 0.1) is 5.75 Å². The van der Waals surface area contributed by atoms with E-state index in [1.165, 1.54) is 11.1 Å². The summed E-state index contributed by atoms with van der Waals surface area (Å²) in [6.45, 7) is 6.16. The zero-order valence-electron chi connectivity index (χ0n) is 13.0. The highest BCUT2D eigenvalue weighted by Crippen LogP contribution is 2.15. The molecule has 0 amide bonds. The van der Waals surface area contributed by atoms with Gasteiger partial charge >= 0.3 is 0 Å². The Hall–Kier alpha value is -0.910. The molecule has 0 unspecified atom stereocenters. The number of benzene rings is 1. The normalized spacial score (nSPS) is 18.0. The number of piperidine rings is 1. The van der Waals surface area contributed by atoms with Gasteiger partial charge in [-0.3, -0.25) is 0 Å². The summed E-state index contributed by atoms with van der Waals surface area (Å²) in [5, 5.41) is 3.55. The van der Waals surface area contributed by atoms with Crippen molar-refractivity contribution in [3.8, 4) is 0 Å². The van der Waals surface area contributed by atoms with Crippen molar-refractivity contribution >= 4 is 10.0 Å². The molecule has 0 aliphatic carbocycles. The zero-order chi connectivity index (χ0) is 15.3. The van der Waals surface area contributed by atoms with Crippen LogP contribution in [0.5, 0.6) is 0 Å². The first-order valence-electron chi connectivity index (χ1n) is 7.78. The predicted molar refractivity (Wildman–Crippen MR) is 86.7 cm³/mol. The van der Waals surface area contributed by atoms with E-state index in [4.69, 9.17) is 0 Å². The van der Waals surface area contributed by atoms with Crippen LogP contribution in [0.1, 0.15) is 37.3 Å². The van der Waals surface area contributed by atoms with Crippen molar-refractivity contribution in [1.82, 2.24) is 9.62 Å². The van der Waals surface area contributed by atoms with E-state index in [1.807, 2.05) is 6.92 Å². The second kappa shape index (κ2) is 7.38. The number of nitrogens with one attached hydrogen (secondary N) is 1. The van der Waals surface area contributed by atoms with Gasteiger partial charge in [0.2, 0.25) is 10.0 Å². The van der Waals surface area contributed by atoms with Gasteiger partial charge in [-0.25, -0.2) is 12.7 Å². The van der Waals surface area contributed by atoms with Crippen LogP contribution in [0.3, 0.4) is 0 Å². The Labute approximate surface area is 128 Å². The highest BCUT2D eigenvalue weighted by Gasteiger charge is 2.26. The lowest BCUT2D eigenvalue weighted by Gasteiger charge is -2.31. The van der Waals surface area contributed by atoms with E-state index in [9.17, 15) is 8.42 Å². The summed E-state index contributed by atoms with van der Waals surface area (Å²) in [5.74, 6) is 0.272. The van der Waals surface area contributed by atoms with E-state index in [0.717, 1.165) is 19.4 Å². The Morgan fingerprint density at radius 1 is 1.29 bits per heavy atom. The Morgan fingerprint density at radius 3 is 2.62 bits per heavy atom. The predicted octanol–water partition coefficient (Wildman–Crippen LogP) is 2.29. The molecule has 5 heteroatoms. The lowest BCUT2D eigenvalue weighted by atomic mass is 10.1. The van der Waals surface area contributed by atoms with E-state index in [1.54, 1.807) is 4.31 Å². The Bertz CT molecular complexity index is 549. The molecule has 1 heterocycles. The van der Waals surface area contributed by atoms with Crippen LogP contribution < -0.4 is 5.32 Å². The fourth-order valence-electron chi connectivity index (χ4n) is 2.81. The molecule has 2 rings (SSSR count). The molecule has 1 fully saturated rings. The Morgan fingerprint density at radius 2 is 2.00 bits per heavy atom. The second-order valence-corrected chi connectivity index (χ2v) is 7.95. The molecule has 21 heavy (non-hydrogen) atoms. The molecule has 1 aliphatic heterocycles. The molecule has 0 radical (unpaired) electrons. The Balaban J connectivity index is 1.79. The van der Waals surface area contributed by atoms with Gasteiger partial charge in [-0.1, -0.05) is 36.8 Å². The lowest BCUT2D eigenvalue weighted by Crippen LogP contribution is -2.45. The molecule has 118 valence electrons.